The number of benzene rings is 1. The third-order valence-corrected chi connectivity index (χ3v) is 4.68. The van der Waals surface area contributed by atoms with Crippen molar-refractivity contribution < 1.29 is 14.3 Å². The third kappa shape index (κ3) is 5.87. The lowest BCUT2D eigenvalue weighted by Gasteiger charge is -2.32. The quantitative estimate of drug-likeness (QED) is 0.438. The van der Waals surface area contributed by atoms with Crippen LogP contribution in [0.25, 0.3) is 0 Å². The van der Waals surface area contributed by atoms with Gasteiger partial charge in [-0.3, -0.25) is 4.79 Å². The Morgan fingerprint density at radius 1 is 1.31 bits per heavy atom. The molecule has 0 radical (unpaired) electrons. The molecule has 1 aromatic carbocycles. The Morgan fingerprint density at radius 3 is 2.54 bits per heavy atom. The first kappa shape index (κ1) is 20.0. The first-order valence-electron chi connectivity index (χ1n) is 8.90. The topological polar surface area (TPSA) is 74.6 Å². The molecule has 0 spiro atoms. The molecule has 0 atom stereocenters. The van der Waals surface area contributed by atoms with Gasteiger partial charge in [-0.25, -0.2) is 0 Å². The van der Waals surface area contributed by atoms with Gasteiger partial charge in [-0.05, 0) is 30.7 Å². The van der Waals surface area contributed by atoms with E-state index in [4.69, 9.17) is 9.47 Å². The number of ether oxygens (including phenoxy) is 2. The molecule has 1 aliphatic rings. The van der Waals surface area contributed by atoms with Crippen LogP contribution in [0.3, 0.4) is 0 Å². The molecule has 0 saturated carbocycles. The molecule has 1 aliphatic heterocycles. The molecule has 1 fully saturated rings. The Labute approximate surface area is 155 Å². The zero-order valence-corrected chi connectivity index (χ0v) is 15.5. The van der Waals surface area contributed by atoms with E-state index in [1.165, 1.54) is 26.0 Å². The minimum Gasteiger partial charge on any atom is -0.385 e. The molecule has 0 unspecified atom stereocenters. The normalized spacial score (nSPS) is 15.8. The standard InChI is InChI=1S/C20H27N3O3/c1-25-19(26-2)15-22-14-18(13-21)20(24)23-10-8-17(9-11-23)12-16-6-4-3-5-7-16/h3-7,14,17,19,22H,8-12,15H2,1-2H3/b18-14-. The number of amides is 1. The second-order valence-corrected chi connectivity index (χ2v) is 6.40. The van der Waals surface area contributed by atoms with Crippen LogP contribution in [0.15, 0.2) is 42.1 Å². The zero-order chi connectivity index (χ0) is 18.8. The van der Waals surface area contributed by atoms with Gasteiger partial charge in [-0.15, -0.1) is 0 Å². The van der Waals surface area contributed by atoms with Gasteiger partial charge in [0.2, 0.25) is 0 Å². The second-order valence-electron chi connectivity index (χ2n) is 6.40. The number of carbonyl (C=O) groups excluding carboxylic acids is 1. The molecule has 26 heavy (non-hydrogen) atoms. The summed E-state index contributed by atoms with van der Waals surface area (Å²) < 4.78 is 10.1. The average molecular weight is 357 g/mol. The largest absolute Gasteiger partial charge is 0.385 e. The van der Waals surface area contributed by atoms with Crippen LogP contribution in [0.5, 0.6) is 0 Å². The van der Waals surface area contributed by atoms with Crippen LogP contribution < -0.4 is 5.32 Å². The van der Waals surface area contributed by atoms with Gasteiger partial charge in [0.15, 0.2) is 6.29 Å². The van der Waals surface area contributed by atoms with Gasteiger partial charge in [0.25, 0.3) is 5.91 Å². The fourth-order valence-electron chi connectivity index (χ4n) is 3.12. The fourth-order valence-corrected chi connectivity index (χ4v) is 3.12. The molecule has 1 heterocycles. The zero-order valence-electron chi connectivity index (χ0n) is 15.5. The van der Waals surface area contributed by atoms with Crippen LogP contribution in [-0.2, 0) is 20.7 Å². The summed E-state index contributed by atoms with van der Waals surface area (Å²) in [6, 6.07) is 12.4. The Bertz CT molecular complexity index is 627. The summed E-state index contributed by atoms with van der Waals surface area (Å²) in [7, 11) is 3.07. The number of rotatable bonds is 8. The van der Waals surface area contributed by atoms with E-state index in [9.17, 15) is 10.1 Å². The summed E-state index contributed by atoms with van der Waals surface area (Å²) in [5.41, 5.74) is 1.45. The lowest BCUT2D eigenvalue weighted by Crippen LogP contribution is -2.40. The number of nitrogens with zero attached hydrogens (tertiary/aromatic N) is 2. The Hall–Kier alpha value is -2.36. The molecule has 1 N–H and O–H groups in total. The fraction of sp³-hybridized carbons (Fsp3) is 0.500. The minimum atomic E-state index is -0.421. The predicted molar refractivity (Wildman–Crippen MR) is 99.0 cm³/mol. The molecule has 6 heteroatoms. The summed E-state index contributed by atoms with van der Waals surface area (Å²) in [5.74, 6) is 0.364. The molecule has 140 valence electrons. The van der Waals surface area contributed by atoms with Gasteiger partial charge in [0.05, 0.1) is 6.54 Å². The third-order valence-electron chi connectivity index (χ3n) is 4.68. The van der Waals surface area contributed by atoms with Crippen LogP contribution >= 0.6 is 0 Å². The molecule has 1 saturated heterocycles. The first-order chi connectivity index (χ1) is 12.7. The van der Waals surface area contributed by atoms with Crippen LogP contribution in [0, 0.1) is 17.2 Å². The van der Waals surface area contributed by atoms with Gasteiger partial charge in [-0.2, -0.15) is 5.26 Å². The van der Waals surface area contributed by atoms with Crippen molar-refractivity contribution in [3.63, 3.8) is 0 Å². The monoisotopic (exact) mass is 357 g/mol. The molecule has 1 amide bonds. The number of methoxy groups -OCH3 is 2. The Morgan fingerprint density at radius 2 is 1.96 bits per heavy atom. The maximum atomic E-state index is 12.5. The van der Waals surface area contributed by atoms with Gasteiger partial charge in [-0.1, -0.05) is 30.3 Å². The van der Waals surface area contributed by atoms with Crippen molar-refractivity contribution in [1.82, 2.24) is 10.2 Å². The Balaban J connectivity index is 1.83. The summed E-state index contributed by atoms with van der Waals surface area (Å²) in [5, 5.41) is 12.2. The average Bonchev–Trinajstić information content (AvgIpc) is 2.69. The van der Waals surface area contributed by atoms with Gasteiger partial charge in [0, 0.05) is 33.5 Å². The first-order valence-corrected chi connectivity index (χ1v) is 8.90. The van der Waals surface area contributed by atoms with E-state index in [2.05, 4.69) is 29.6 Å². The van der Waals surface area contributed by atoms with Crippen molar-refractivity contribution in [2.75, 3.05) is 33.9 Å². The Kier molecular flexibility index (Phi) is 8.13. The molecular weight excluding hydrogens is 330 g/mol. The predicted octanol–water partition coefficient (Wildman–Crippen LogP) is 2.08. The van der Waals surface area contributed by atoms with Crippen LogP contribution in [-0.4, -0.2) is 51.0 Å². The highest BCUT2D eigenvalue weighted by Gasteiger charge is 2.25. The molecule has 0 bridgehead atoms. The highest BCUT2D eigenvalue weighted by atomic mass is 16.7. The van der Waals surface area contributed by atoms with E-state index >= 15 is 0 Å². The highest BCUT2D eigenvalue weighted by molar-refractivity contribution is 5.97. The number of hydrogen-bond donors (Lipinski definition) is 1. The molecule has 0 aliphatic carbocycles. The number of piperidine rings is 1. The number of hydrogen-bond acceptors (Lipinski definition) is 5. The molecule has 1 aromatic rings. The van der Waals surface area contributed by atoms with E-state index in [1.807, 2.05) is 12.1 Å². The SMILES string of the molecule is COC(CN/C=C(/C#N)C(=O)N1CCC(Cc2ccccc2)CC1)OC. The van der Waals surface area contributed by atoms with Crippen LogP contribution in [0.2, 0.25) is 0 Å². The molecule has 2 rings (SSSR count). The van der Waals surface area contributed by atoms with Crippen molar-refractivity contribution in [2.24, 2.45) is 5.92 Å². The van der Waals surface area contributed by atoms with Crippen molar-refractivity contribution in [3.8, 4) is 6.07 Å². The van der Waals surface area contributed by atoms with E-state index in [0.717, 1.165) is 19.3 Å². The van der Waals surface area contributed by atoms with Crippen LogP contribution in [0.1, 0.15) is 18.4 Å². The highest BCUT2D eigenvalue weighted by Crippen LogP contribution is 2.22. The van der Waals surface area contributed by atoms with Crippen molar-refractivity contribution in [2.45, 2.75) is 25.6 Å². The lowest BCUT2D eigenvalue weighted by atomic mass is 9.90. The summed E-state index contributed by atoms with van der Waals surface area (Å²) in [6.45, 7) is 1.74. The number of nitrogens with one attached hydrogen (secondary N) is 1. The van der Waals surface area contributed by atoms with Crippen molar-refractivity contribution >= 4 is 5.91 Å². The van der Waals surface area contributed by atoms with Gasteiger partial charge < -0.3 is 19.7 Å². The second kappa shape index (κ2) is 10.6. The van der Waals surface area contributed by atoms with E-state index in [-0.39, 0.29) is 11.5 Å². The summed E-state index contributed by atoms with van der Waals surface area (Å²) in [6.07, 6.45) is 3.99. The number of nitriles is 1. The molecule has 0 aromatic heterocycles. The number of likely N-dealkylation sites (tertiary alicyclic amines) is 1. The van der Waals surface area contributed by atoms with Crippen molar-refractivity contribution in [3.05, 3.63) is 47.7 Å². The maximum absolute atomic E-state index is 12.5. The maximum Gasteiger partial charge on any atom is 0.265 e. The summed E-state index contributed by atoms with van der Waals surface area (Å²) >= 11 is 0. The van der Waals surface area contributed by atoms with Crippen molar-refractivity contribution in [1.29, 1.82) is 5.26 Å². The van der Waals surface area contributed by atoms with Gasteiger partial charge >= 0.3 is 0 Å². The molecule has 6 nitrogen and oxygen atoms in total. The minimum absolute atomic E-state index is 0.109. The van der Waals surface area contributed by atoms with Crippen LogP contribution in [0.4, 0.5) is 0 Å². The smallest absolute Gasteiger partial charge is 0.265 e. The van der Waals surface area contributed by atoms with E-state index in [1.54, 1.807) is 4.90 Å². The molecular formula is C20H27N3O3. The lowest BCUT2D eigenvalue weighted by molar-refractivity contribution is -0.128. The van der Waals surface area contributed by atoms with E-state index < -0.39 is 6.29 Å². The summed E-state index contributed by atoms with van der Waals surface area (Å²) in [4.78, 5) is 14.3. The van der Waals surface area contributed by atoms with Gasteiger partial charge in [0.1, 0.15) is 11.6 Å². The number of carbonyl (C=O) groups is 1. The van der Waals surface area contributed by atoms with E-state index in [0.29, 0.717) is 25.6 Å².